The van der Waals surface area contributed by atoms with E-state index in [0.29, 0.717) is 52.4 Å². The lowest BCUT2D eigenvalue weighted by Crippen LogP contribution is -2.53. The van der Waals surface area contributed by atoms with Crippen LogP contribution in [0.2, 0.25) is 0 Å². The first-order chi connectivity index (χ1) is 13.0. The molecule has 0 bridgehead atoms. The predicted octanol–water partition coefficient (Wildman–Crippen LogP) is -0.743. The molecule has 0 aromatic heterocycles. The lowest BCUT2D eigenvalue weighted by molar-refractivity contribution is -0.145. The van der Waals surface area contributed by atoms with Gasteiger partial charge in [-0.2, -0.15) is 0 Å². The molecule has 10 nitrogen and oxygen atoms in total. The van der Waals surface area contributed by atoms with Crippen LogP contribution in [0, 0.1) is 0 Å². The number of hydrogen-bond acceptors (Lipinski definition) is 7. The van der Waals surface area contributed by atoms with Gasteiger partial charge in [0.25, 0.3) is 0 Å². The molecule has 1 saturated heterocycles. The van der Waals surface area contributed by atoms with Crippen LogP contribution in [0.4, 0.5) is 0 Å². The van der Waals surface area contributed by atoms with Crippen LogP contribution in [-0.4, -0.2) is 130 Å². The van der Waals surface area contributed by atoms with Gasteiger partial charge in [0.1, 0.15) is 18.1 Å². The van der Waals surface area contributed by atoms with Gasteiger partial charge in [-0.1, -0.05) is 0 Å². The van der Waals surface area contributed by atoms with Gasteiger partial charge in [0, 0.05) is 52.4 Å². The Morgan fingerprint density at radius 3 is 1.00 bits per heavy atom. The van der Waals surface area contributed by atoms with E-state index in [0.717, 1.165) is 0 Å². The number of likely N-dealkylation sites (N-methyl/N-ethyl adjacent to an activating group) is 1. The number of carbonyl (C=O) groups is 3. The normalized spacial score (nSPS) is 23.1. The molecule has 0 radical (unpaired) electrons. The van der Waals surface area contributed by atoms with Crippen molar-refractivity contribution in [1.29, 1.82) is 0 Å². The summed E-state index contributed by atoms with van der Waals surface area (Å²) < 4.78 is 0. The summed E-state index contributed by atoms with van der Waals surface area (Å²) in [6.45, 7) is 8.85. The second-order valence-corrected chi connectivity index (χ2v) is 7.45. The molecule has 1 aliphatic heterocycles. The largest absolute Gasteiger partial charge is 0.480 e. The zero-order valence-electron chi connectivity index (χ0n) is 17.2. The van der Waals surface area contributed by atoms with Crippen LogP contribution in [0.5, 0.6) is 0 Å². The monoisotopic (exact) mass is 402 g/mol. The summed E-state index contributed by atoms with van der Waals surface area (Å²) in [7, 11) is 1.93. The number of hydrogen-bond donors (Lipinski definition) is 3. The summed E-state index contributed by atoms with van der Waals surface area (Å²) in [4.78, 5) is 41.9. The molecular formula is C18H34N4O6. The highest BCUT2D eigenvalue weighted by Gasteiger charge is 2.28. The summed E-state index contributed by atoms with van der Waals surface area (Å²) in [5.41, 5.74) is 0. The van der Waals surface area contributed by atoms with Gasteiger partial charge in [0.15, 0.2) is 0 Å². The van der Waals surface area contributed by atoms with Gasteiger partial charge in [-0.25, -0.2) is 0 Å². The minimum absolute atomic E-state index is 0.393. The van der Waals surface area contributed by atoms with Gasteiger partial charge in [-0.3, -0.25) is 29.1 Å². The Kier molecular flexibility index (Phi) is 9.80. The van der Waals surface area contributed by atoms with Crippen molar-refractivity contribution in [2.45, 2.75) is 38.9 Å². The Bertz CT molecular complexity index is 510. The Morgan fingerprint density at radius 2 is 0.786 bits per heavy atom. The molecule has 0 saturated carbocycles. The molecule has 1 heterocycles. The van der Waals surface area contributed by atoms with Crippen LogP contribution < -0.4 is 0 Å². The van der Waals surface area contributed by atoms with E-state index in [9.17, 15) is 29.7 Å². The van der Waals surface area contributed by atoms with Gasteiger partial charge >= 0.3 is 17.9 Å². The molecule has 0 spiro atoms. The molecule has 0 aromatic rings. The fourth-order valence-corrected chi connectivity index (χ4v) is 3.19. The maximum Gasteiger partial charge on any atom is 0.320 e. The van der Waals surface area contributed by atoms with Crippen LogP contribution >= 0.6 is 0 Å². The van der Waals surface area contributed by atoms with E-state index < -0.39 is 36.0 Å². The molecule has 0 aliphatic carbocycles. The van der Waals surface area contributed by atoms with Gasteiger partial charge in [0.2, 0.25) is 0 Å². The maximum absolute atomic E-state index is 11.5. The number of rotatable bonds is 6. The lowest BCUT2D eigenvalue weighted by atomic mass is 10.2. The fraction of sp³-hybridized carbons (Fsp3) is 0.833. The molecule has 0 aromatic carbocycles. The Hall–Kier alpha value is -1.75. The van der Waals surface area contributed by atoms with Crippen molar-refractivity contribution in [3.05, 3.63) is 0 Å². The third-order valence-electron chi connectivity index (χ3n) is 5.60. The second kappa shape index (κ2) is 11.3. The summed E-state index contributed by atoms with van der Waals surface area (Å²) in [6.07, 6.45) is 0. The van der Waals surface area contributed by atoms with E-state index in [2.05, 4.69) is 4.90 Å². The summed E-state index contributed by atoms with van der Waals surface area (Å²) in [6, 6.07) is -2.07. The third-order valence-corrected chi connectivity index (χ3v) is 5.60. The first-order valence-electron chi connectivity index (χ1n) is 9.63. The molecule has 28 heavy (non-hydrogen) atoms. The highest BCUT2D eigenvalue weighted by Crippen LogP contribution is 2.08. The van der Waals surface area contributed by atoms with Gasteiger partial charge in [-0.05, 0) is 27.8 Å². The Labute approximate surface area is 166 Å². The standard InChI is InChI=1S/C18H34N4O6/c1-13(16(23)24)20-7-5-19(4)6-8-21(14(2)17(25)26)10-12-22(11-9-20)15(3)18(27)28/h13-15H,5-12H2,1-4H3,(H,23,24)(H,25,26)(H,27,28). The summed E-state index contributed by atoms with van der Waals surface area (Å²) >= 11 is 0. The van der Waals surface area contributed by atoms with E-state index in [1.54, 1.807) is 25.7 Å². The van der Waals surface area contributed by atoms with Crippen LogP contribution in [-0.2, 0) is 14.4 Å². The minimum Gasteiger partial charge on any atom is -0.480 e. The van der Waals surface area contributed by atoms with Crippen LogP contribution in [0.25, 0.3) is 0 Å². The fourth-order valence-electron chi connectivity index (χ4n) is 3.19. The first kappa shape index (κ1) is 24.3. The highest BCUT2D eigenvalue weighted by molar-refractivity contribution is 5.73. The zero-order chi connectivity index (χ0) is 21.4. The van der Waals surface area contributed by atoms with E-state index in [-0.39, 0.29) is 0 Å². The molecule has 3 atom stereocenters. The molecule has 0 amide bonds. The Balaban J connectivity index is 3.01. The van der Waals surface area contributed by atoms with E-state index >= 15 is 0 Å². The molecule has 3 unspecified atom stereocenters. The smallest absolute Gasteiger partial charge is 0.320 e. The predicted molar refractivity (Wildman–Crippen MR) is 104 cm³/mol. The lowest BCUT2D eigenvalue weighted by Gasteiger charge is -2.36. The summed E-state index contributed by atoms with van der Waals surface area (Å²) in [5, 5.41) is 28.2. The van der Waals surface area contributed by atoms with E-state index in [1.165, 1.54) is 0 Å². The molecule has 1 rings (SSSR count). The van der Waals surface area contributed by atoms with Crippen LogP contribution in [0.3, 0.4) is 0 Å². The molecule has 162 valence electrons. The van der Waals surface area contributed by atoms with Gasteiger partial charge < -0.3 is 20.2 Å². The van der Waals surface area contributed by atoms with Crippen LogP contribution in [0.15, 0.2) is 0 Å². The number of aliphatic carboxylic acids is 3. The van der Waals surface area contributed by atoms with Gasteiger partial charge in [0.05, 0.1) is 0 Å². The molecule has 1 fully saturated rings. The van der Waals surface area contributed by atoms with E-state index in [4.69, 9.17) is 0 Å². The number of carboxylic acid groups (broad SMARTS) is 3. The minimum atomic E-state index is -0.956. The van der Waals surface area contributed by atoms with Crippen molar-refractivity contribution in [3.8, 4) is 0 Å². The maximum atomic E-state index is 11.5. The van der Waals surface area contributed by atoms with Crippen molar-refractivity contribution >= 4 is 17.9 Å². The average molecular weight is 402 g/mol. The van der Waals surface area contributed by atoms with Crippen molar-refractivity contribution in [1.82, 2.24) is 19.6 Å². The van der Waals surface area contributed by atoms with Crippen molar-refractivity contribution in [3.63, 3.8) is 0 Å². The summed E-state index contributed by atoms with van der Waals surface area (Å²) in [5.74, 6) is -2.77. The number of nitrogens with zero attached hydrogens (tertiary/aromatic N) is 4. The quantitative estimate of drug-likeness (QED) is 0.523. The third kappa shape index (κ3) is 7.34. The zero-order valence-corrected chi connectivity index (χ0v) is 17.2. The molecular weight excluding hydrogens is 368 g/mol. The van der Waals surface area contributed by atoms with Crippen molar-refractivity contribution in [2.75, 3.05) is 59.4 Å². The second-order valence-electron chi connectivity index (χ2n) is 7.45. The molecule has 1 aliphatic rings. The molecule has 10 heteroatoms. The molecule has 3 N–H and O–H groups in total. The van der Waals surface area contributed by atoms with E-state index in [1.807, 2.05) is 16.8 Å². The van der Waals surface area contributed by atoms with Crippen LogP contribution in [0.1, 0.15) is 20.8 Å². The SMILES string of the molecule is CC(C(=O)O)N1CCN(C)CCN(C(C)C(=O)O)CCN(C(C)C(=O)O)CC1. The Morgan fingerprint density at radius 1 is 0.571 bits per heavy atom. The van der Waals surface area contributed by atoms with Crippen molar-refractivity contribution in [2.24, 2.45) is 0 Å². The van der Waals surface area contributed by atoms with Crippen molar-refractivity contribution < 1.29 is 29.7 Å². The number of carboxylic acids is 3. The average Bonchev–Trinajstić information content (AvgIpc) is 2.62. The topological polar surface area (TPSA) is 125 Å². The first-order valence-corrected chi connectivity index (χ1v) is 9.63. The highest BCUT2D eigenvalue weighted by atomic mass is 16.4. The van der Waals surface area contributed by atoms with Gasteiger partial charge in [-0.15, -0.1) is 0 Å².